The lowest BCUT2D eigenvalue weighted by Gasteiger charge is -2.15. The number of carbonyl (C=O) groups excluding carboxylic acids is 2. The Kier molecular flexibility index (Phi) is 8.20. The first kappa shape index (κ1) is 21.3. The smallest absolute Gasteiger partial charge is 0.230 e. The van der Waals surface area contributed by atoms with Crippen molar-refractivity contribution in [1.82, 2.24) is 5.32 Å². The van der Waals surface area contributed by atoms with Crippen LogP contribution >= 0.6 is 23.4 Å². The number of thioether (sulfide) groups is 1. The second-order valence-corrected chi connectivity index (χ2v) is 7.57. The van der Waals surface area contributed by atoms with E-state index in [0.717, 1.165) is 16.9 Å². The van der Waals surface area contributed by atoms with E-state index in [-0.39, 0.29) is 17.7 Å². The third-order valence-electron chi connectivity index (χ3n) is 4.01. The predicted molar refractivity (Wildman–Crippen MR) is 112 cm³/mol. The highest BCUT2D eigenvalue weighted by atomic mass is 35.5. The standard InChI is InChI=1S/C21H24ClNO3S/c1-4-26-20-10-7-17(15(3)24)11-18(20)12-27-13-21(25)23-14(2)16-5-8-19(22)9-6-16/h5-11,14H,4,12-13H2,1-3H3,(H,23,25)/t14-/m1/s1. The number of halogens is 1. The van der Waals surface area contributed by atoms with Crippen molar-refractivity contribution < 1.29 is 14.3 Å². The van der Waals surface area contributed by atoms with Crippen LogP contribution < -0.4 is 10.1 Å². The van der Waals surface area contributed by atoms with Gasteiger partial charge in [0.05, 0.1) is 18.4 Å². The summed E-state index contributed by atoms with van der Waals surface area (Å²) >= 11 is 7.38. The number of benzene rings is 2. The minimum Gasteiger partial charge on any atom is -0.494 e. The topological polar surface area (TPSA) is 55.4 Å². The fraction of sp³-hybridized carbons (Fsp3) is 0.333. The summed E-state index contributed by atoms with van der Waals surface area (Å²) in [5, 5.41) is 3.66. The molecule has 0 aliphatic heterocycles. The van der Waals surface area contributed by atoms with Crippen LogP contribution in [0.2, 0.25) is 5.02 Å². The van der Waals surface area contributed by atoms with Gasteiger partial charge in [-0.1, -0.05) is 23.7 Å². The van der Waals surface area contributed by atoms with Gasteiger partial charge in [0.2, 0.25) is 5.91 Å². The summed E-state index contributed by atoms with van der Waals surface area (Å²) in [6.45, 7) is 5.95. The first-order valence-corrected chi connectivity index (χ1v) is 10.3. The minimum absolute atomic E-state index is 0.0128. The molecule has 2 aromatic rings. The third-order valence-corrected chi connectivity index (χ3v) is 5.24. The van der Waals surface area contributed by atoms with Gasteiger partial charge < -0.3 is 10.1 Å². The highest BCUT2D eigenvalue weighted by Crippen LogP contribution is 2.25. The van der Waals surface area contributed by atoms with Crippen molar-refractivity contribution in [3.05, 3.63) is 64.2 Å². The number of carbonyl (C=O) groups is 2. The summed E-state index contributed by atoms with van der Waals surface area (Å²) in [6, 6.07) is 12.8. The molecule has 27 heavy (non-hydrogen) atoms. The molecular weight excluding hydrogens is 382 g/mol. The third kappa shape index (κ3) is 6.60. The van der Waals surface area contributed by atoms with Crippen LogP contribution in [0.25, 0.3) is 0 Å². The number of amides is 1. The van der Waals surface area contributed by atoms with E-state index in [9.17, 15) is 9.59 Å². The van der Waals surface area contributed by atoms with Crippen LogP contribution in [0.1, 0.15) is 48.3 Å². The Balaban J connectivity index is 1.91. The largest absolute Gasteiger partial charge is 0.494 e. The summed E-state index contributed by atoms with van der Waals surface area (Å²) in [7, 11) is 0. The lowest BCUT2D eigenvalue weighted by Crippen LogP contribution is -2.28. The molecule has 2 rings (SSSR count). The molecule has 0 heterocycles. The molecule has 6 heteroatoms. The van der Waals surface area contributed by atoms with Gasteiger partial charge in [0, 0.05) is 21.9 Å². The lowest BCUT2D eigenvalue weighted by molar-refractivity contribution is -0.119. The van der Waals surface area contributed by atoms with E-state index in [4.69, 9.17) is 16.3 Å². The van der Waals surface area contributed by atoms with Crippen LogP contribution in [0, 0.1) is 0 Å². The number of hydrogen-bond acceptors (Lipinski definition) is 4. The Morgan fingerprint density at radius 2 is 1.89 bits per heavy atom. The average molecular weight is 406 g/mol. The molecule has 0 radical (unpaired) electrons. The molecule has 0 fully saturated rings. The van der Waals surface area contributed by atoms with E-state index in [0.29, 0.717) is 28.7 Å². The maximum atomic E-state index is 12.2. The Morgan fingerprint density at radius 3 is 2.52 bits per heavy atom. The van der Waals surface area contributed by atoms with E-state index in [2.05, 4.69) is 5.32 Å². The monoisotopic (exact) mass is 405 g/mol. The predicted octanol–water partition coefficient (Wildman–Crippen LogP) is 5.05. The molecule has 2 aromatic carbocycles. The minimum atomic E-state index is -0.0876. The zero-order valence-corrected chi connectivity index (χ0v) is 17.3. The highest BCUT2D eigenvalue weighted by Gasteiger charge is 2.12. The molecule has 0 unspecified atom stereocenters. The second kappa shape index (κ2) is 10.4. The van der Waals surface area contributed by atoms with Gasteiger partial charge in [0.25, 0.3) is 0 Å². The van der Waals surface area contributed by atoms with Gasteiger partial charge >= 0.3 is 0 Å². The number of hydrogen-bond donors (Lipinski definition) is 1. The van der Waals surface area contributed by atoms with Gasteiger partial charge in [-0.2, -0.15) is 0 Å². The first-order valence-electron chi connectivity index (χ1n) is 8.80. The van der Waals surface area contributed by atoms with Crippen LogP contribution in [0.15, 0.2) is 42.5 Å². The maximum absolute atomic E-state index is 12.2. The molecule has 144 valence electrons. The van der Waals surface area contributed by atoms with Gasteiger partial charge in [-0.05, 0) is 56.7 Å². The summed E-state index contributed by atoms with van der Waals surface area (Å²) < 4.78 is 5.63. The van der Waals surface area contributed by atoms with Crippen LogP contribution in [0.3, 0.4) is 0 Å². The molecule has 0 aliphatic rings. The van der Waals surface area contributed by atoms with E-state index >= 15 is 0 Å². The zero-order chi connectivity index (χ0) is 19.8. The van der Waals surface area contributed by atoms with Crippen LogP contribution in [0.4, 0.5) is 0 Å². The molecule has 0 saturated heterocycles. The molecule has 1 N–H and O–H groups in total. The Bertz CT molecular complexity index is 793. The number of ether oxygens (including phenoxy) is 1. The van der Waals surface area contributed by atoms with Gasteiger partial charge in [0.15, 0.2) is 5.78 Å². The summed E-state index contributed by atoms with van der Waals surface area (Å²) in [5.74, 6) is 1.65. The van der Waals surface area contributed by atoms with Crippen molar-refractivity contribution >= 4 is 35.1 Å². The fourth-order valence-electron chi connectivity index (χ4n) is 2.58. The molecular formula is C21H24ClNO3S. The van der Waals surface area contributed by atoms with E-state index in [1.807, 2.05) is 50.2 Å². The molecule has 4 nitrogen and oxygen atoms in total. The summed E-state index contributed by atoms with van der Waals surface area (Å²) in [5.41, 5.74) is 2.58. The van der Waals surface area contributed by atoms with Crippen molar-refractivity contribution in [2.75, 3.05) is 12.4 Å². The van der Waals surface area contributed by atoms with Gasteiger partial charge in [-0.15, -0.1) is 11.8 Å². The summed E-state index contributed by atoms with van der Waals surface area (Å²) in [6.07, 6.45) is 0. The van der Waals surface area contributed by atoms with Gasteiger partial charge in [-0.3, -0.25) is 9.59 Å². The van der Waals surface area contributed by atoms with E-state index < -0.39 is 0 Å². The highest BCUT2D eigenvalue weighted by molar-refractivity contribution is 7.99. The SMILES string of the molecule is CCOc1ccc(C(C)=O)cc1CSCC(=O)N[C@H](C)c1ccc(Cl)cc1. The van der Waals surface area contributed by atoms with Crippen molar-refractivity contribution in [3.63, 3.8) is 0 Å². The van der Waals surface area contributed by atoms with Crippen molar-refractivity contribution in [2.24, 2.45) is 0 Å². The molecule has 0 saturated carbocycles. The average Bonchev–Trinajstić information content (AvgIpc) is 2.63. The Hall–Kier alpha value is -1.98. The van der Waals surface area contributed by atoms with Crippen LogP contribution in [0.5, 0.6) is 5.75 Å². The molecule has 1 amide bonds. The molecule has 0 bridgehead atoms. The Labute approximate surface area is 169 Å². The van der Waals surface area contributed by atoms with E-state index in [1.54, 1.807) is 6.07 Å². The van der Waals surface area contributed by atoms with Crippen LogP contribution in [-0.4, -0.2) is 24.1 Å². The molecule has 0 aromatic heterocycles. The quantitative estimate of drug-likeness (QED) is 0.593. The zero-order valence-electron chi connectivity index (χ0n) is 15.8. The maximum Gasteiger partial charge on any atom is 0.230 e. The van der Waals surface area contributed by atoms with Crippen molar-refractivity contribution in [1.29, 1.82) is 0 Å². The van der Waals surface area contributed by atoms with Gasteiger partial charge in [0.1, 0.15) is 5.75 Å². The van der Waals surface area contributed by atoms with Gasteiger partial charge in [-0.25, -0.2) is 0 Å². The number of rotatable bonds is 9. The number of Topliss-reactive ketones (excluding diaryl/α,β-unsaturated/α-hetero) is 1. The van der Waals surface area contributed by atoms with Crippen molar-refractivity contribution in [2.45, 2.75) is 32.6 Å². The summed E-state index contributed by atoms with van der Waals surface area (Å²) in [4.78, 5) is 23.8. The number of nitrogens with one attached hydrogen (secondary N) is 1. The molecule has 0 aliphatic carbocycles. The van der Waals surface area contributed by atoms with Crippen molar-refractivity contribution in [3.8, 4) is 5.75 Å². The number of ketones is 1. The fourth-order valence-corrected chi connectivity index (χ4v) is 3.52. The first-order chi connectivity index (χ1) is 12.9. The lowest BCUT2D eigenvalue weighted by atomic mass is 10.1. The van der Waals surface area contributed by atoms with Crippen LogP contribution in [-0.2, 0) is 10.5 Å². The normalized spacial score (nSPS) is 11.7. The second-order valence-electron chi connectivity index (χ2n) is 6.15. The molecule has 0 spiro atoms. The van der Waals surface area contributed by atoms with E-state index in [1.165, 1.54) is 18.7 Å². The molecule has 1 atom stereocenters. The Morgan fingerprint density at radius 1 is 1.19 bits per heavy atom.